The molecule has 0 radical (unpaired) electrons. The van der Waals surface area contributed by atoms with Gasteiger partial charge >= 0.3 is 0 Å². The smallest absolute Gasteiger partial charge is 0.218 e. The maximum Gasteiger partial charge on any atom is 0.218 e. The van der Waals surface area contributed by atoms with Crippen LogP contribution in [-0.4, -0.2) is 35.5 Å². The third-order valence-corrected chi connectivity index (χ3v) is 3.09. The van der Waals surface area contributed by atoms with Crippen molar-refractivity contribution in [3.63, 3.8) is 0 Å². The highest BCUT2D eigenvalue weighted by Crippen LogP contribution is 2.15. The summed E-state index contributed by atoms with van der Waals surface area (Å²) in [4.78, 5) is 10.7. The molecule has 112 valence electrons. The Kier molecular flexibility index (Phi) is 7.47. The zero-order valence-corrected chi connectivity index (χ0v) is 12.8. The van der Waals surface area contributed by atoms with Gasteiger partial charge in [0, 0.05) is 24.8 Å². The van der Waals surface area contributed by atoms with Gasteiger partial charge in [-0.25, -0.2) is 9.98 Å². The first kappa shape index (κ1) is 16.3. The van der Waals surface area contributed by atoms with Crippen LogP contribution in [0.4, 0.5) is 0 Å². The lowest BCUT2D eigenvalue weighted by Gasteiger charge is -2.19. The van der Waals surface area contributed by atoms with Gasteiger partial charge in [0.25, 0.3) is 0 Å². The fourth-order valence-electron chi connectivity index (χ4n) is 1.80. The summed E-state index contributed by atoms with van der Waals surface area (Å²) in [5.41, 5.74) is 6.94. The van der Waals surface area contributed by atoms with Crippen LogP contribution in [0.5, 0.6) is 5.88 Å². The van der Waals surface area contributed by atoms with Gasteiger partial charge in [-0.15, -0.1) is 0 Å². The third-order valence-electron chi connectivity index (χ3n) is 3.09. The number of rotatable bonds is 8. The zero-order valence-electron chi connectivity index (χ0n) is 12.8. The first-order valence-corrected chi connectivity index (χ1v) is 7.34. The van der Waals surface area contributed by atoms with Crippen molar-refractivity contribution in [1.29, 1.82) is 0 Å². The lowest BCUT2D eigenvalue weighted by atomic mass is 10.2. The average molecular weight is 278 g/mol. The lowest BCUT2D eigenvalue weighted by molar-refractivity contribution is 0.294. The molecule has 5 heteroatoms. The molecule has 0 bridgehead atoms. The molecule has 0 saturated carbocycles. The molecule has 0 aliphatic carbocycles. The first-order valence-electron chi connectivity index (χ1n) is 7.34. The molecule has 0 aliphatic heterocycles. The summed E-state index contributed by atoms with van der Waals surface area (Å²) in [6.45, 7) is 9.17. The normalized spacial score (nSPS) is 11.4. The summed E-state index contributed by atoms with van der Waals surface area (Å²) in [5, 5.41) is 0. The van der Waals surface area contributed by atoms with Crippen LogP contribution in [0.15, 0.2) is 23.3 Å². The molecule has 20 heavy (non-hydrogen) atoms. The second kappa shape index (κ2) is 9.18. The summed E-state index contributed by atoms with van der Waals surface area (Å²) in [7, 11) is 0. The molecule has 2 N–H and O–H groups in total. The molecule has 0 atom stereocenters. The Morgan fingerprint density at radius 3 is 2.75 bits per heavy atom. The topological polar surface area (TPSA) is 63.7 Å². The van der Waals surface area contributed by atoms with Crippen LogP contribution in [0.2, 0.25) is 0 Å². The van der Waals surface area contributed by atoms with Crippen LogP contribution < -0.4 is 10.5 Å². The van der Waals surface area contributed by atoms with E-state index in [0.29, 0.717) is 25.0 Å². The molecule has 1 rings (SSSR count). The zero-order chi connectivity index (χ0) is 14.8. The van der Waals surface area contributed by atoms with E-state index in [2.05, 4.69) is 30.7 Å². The number of aliphatic imine (C=N–C) groups is 1. The SMILES string of the molecule is CCCCOc1ncccc1CN=C(N)N(CC)CC. The van der Waals surface area contributed by atoms with Crippen molar-refractivity contribution < 1.29 is 4.74 Å². The van der Waals surface area contributed by atoms with E-state index in [1.165, 1.54) is 0 Å². The van der Waals surface area contributed by atoms with Gasteiger partial charge in [0.05, 0.1) is 13.2 Å². The van der Waals surface area contributed by atoms with Gasteiger partial charge in [-0.1, -0.05) is 19.4 Å². The molecular formula is C15H26N4O. The van der Waals surface area contributed by atoms with Crippen molar-refractivity contribution >= 4 is 5.96 Å². The molecule has 1 heterocycles. The molecular weight excluding hydrogens is 252 g/mol. The van der Waals surface area contributed by atoms with Gasteiger partial charge < -0.3 is 15.4 Å². The minimum absolute atomic E-state index is 0.498. The fraction of sp³-hybridized carbons (Fsp3) is 0.600. The van der Waals surface area contributed by atoms with Crippen molar-refractivity contribution in [3.05, 3.63) is 23.9 Å². The van der Waals surface area contributed by atoms with Gasteiger partial charge in [-0.05, 0) is 26.3 Å². The highest BCUT2D eigenvalue weighted by atomic mass is 16.5. The van der Waals surface area contributed by atoms with Crippen LogP contribution in [0.1, 0.15) is 39.2 Å². The van der Waals surface area contributed by atoms with E-state index in [-0.39, 0.29) is 0 Å². The Hall–Kier alpha value is -1.78. The second-order valence-electron chi connectivity index (χ2n) is 4.52. The average Bonchev–Trinajstić information content (AvgIpc) is 2.48. The van der Waals surface area contributed by atoms with Gasteiger partial charge in [-0.2, -0.15) is 0 Å². The van der Waals surface area contributed by atoms with Gasteiger partial charge in [0.2, 0.25) is 5.88 Å². The fourth-order valence-corrected chi connectivity index (χ4v) is 1.80. The van der Waals surface area contributed by atoms with E-state index in [0.717, 1.165) is 31.5 Å². The van der Waals surface area contributed by atoms with Crippen LogP contribution >= 0.6 is 0 Å². The Labute approximate surface area is 121 Å². The number of aromatic nitrogens is 1. The predicted octanol–water partition coefficient (Wildman–Crippen LogP) is 2.42. The van der Waals surface area contributed by atoms with Crippen molar-refractivity contribution in [2.24, 2.45) is 10.7 Å². The Balaban J connectivity index is 2.69. The maximum absolute atomic E-state index is 5.97. The number of hydrogen-bond donors (Lipinski definition) is 1. The van der Waals surface area contributed by atoms with Crippen LogP contribution in [0.25, 0.3) is 0 Å². The summed E-state index contributed by atoms with van der Waals surface area (Å²) >= 11 is 0. The standard InChI is InChI=1S/C15H26N4O/c1-4-7-11-20-14-13(9-8-10-17-14)12-18-15(16)19(5-2)6-3/h8-10H,4-7,11-12H2,1-3H3,(H2,16,18). The molecule has 1 aromatic heterocycles. The van der Waals surface area contributed by atoms with E-state index in [1.54, 1.807) is 6.20 Å². The minimum atomic E-state index is 0.498. The summed E-state index contributed by atoms with van der Waals surface area (Å²) < 4.78 is 5.69. The summed E-state index contributed by atoms with van der Waals surface area (Å²) in [5.74, 6) is 1.23. The molecule has 0 unspecified atom stereocenters. The van der Waals surface area contributed by atoms with E-state index in [4.69, 9.17) is 10.5 Å². The molecule has 5 nitrogen and oxygen atoms in total. The van der Waals surface area contributed by atoms with Gasteiger partial charge in [-0.3, -0.25) is 0 Å². The van der Waals surface area contributed by atoms with Crippen LogP contribution in [-0.2, 0) is 6.54 Å². The van der Waals surface area contributed by atoms with Crippen molar-refractivity contribution in [3.8, 4) is 5.88 Å². The molecule has 0 fully saturated rings. The lowest BCUT2D eigenvalue weighted by Crippen LogP contribution is -2.37. The van der Waals surface area contributed by atoms with Crippen molar-refractivity contribution in [2.45, 2.75) is 40.2 Å². The molecule has 0 aromatic carbocycles. The van der Waals surface area contributed by atoms with Crippen LogP contribution in [0.3, 0.4) is 0 Å². The highest BCUT2D eigenvalue weighted by Gasteiger charge is 2.06. The molecule has 0 saturated heterocycles. The highest BCUT2D eigenvalue weighted by molar-refractivity contribution is 5.78. The monoisotopic (exact) mass is 278 g/mol. The minimum Gasteiger partial charge on any atom is -0.477 e. The quantitative estimate of drug-likeness (QED) is 0.450. The van der Waals surface area contributed by atoms with E-state index >= 15 is 0 Å². The second-order valence-corrected chi connectivity index (χ2v) is 4.52. The number of hydrogen-bond acceptors (Lipinski definition) is 3. The largest absolute Gasteiger partial charge is 0.477 e. The van der Waals surface area contributed by atoms with Gasteiger partial charge in [0.1, 0.15) is 0 Å². The summed E-state index contributed by atoms with van der Waals surface area (Å²) in [6.07, 6.45) is 3.87. The molecule has 0 spiro atoms. The molecule has 1 aromatic rings. The van der Waals surface area contributed by atoms with E-state index in [1.807, 2.05) is 17.0 Å². The number of nitrogens with two attached hydrogens (primary N) is 1. The van der Waals surface area contributed by atoms with E-state index < -0.39 is 0 Å². The molecule has 0 amide bonds. The number of guanidine groups is 1. The Morgan fingerprint density at radius 1 is 1.35 bits per heavy atom. The number of pyridine rings is 1. The number of ether oxygens (including phenoxy) is 1. The summed E-state index contributed by atoms with van der Waals surface area (Å²) in [6, 6.07) is 3.87. The Bertz CT molecular complexity index is 416. The van der Waals surface area contributed by atoms with Gasteiger partial charge in [0.15, 0.2) is 5.96 Å². The Morgan fingerprint density at radius 2 is 2.10 bits per heavy atom. The van der Waals surface area contributed by atoms with Crippen LogP contribution in [0, 0.1) is 0 Å². The number of nitrogens with zero attached hydrogens (tertiary/aromatic N) is 3. The van der Waals surface area contributed by atoms with Crippen molar-refractivity contribution in [2.75, 3.05) is 19.7 Å². The molecule has 0 aliphatic rings. The number of unbranched alkanes of at least 4 members (excludes halogenated alkanes) is 1. The third kappa shape index (κ3) is 5.07. The maximum atomic E-state index is 5.97. The first-order chi connectivity index (χ1) is 9.72. The van der Waals surface area contributed by atoms with E-state index in [9.17, 15) is 0 Å². The van der Waals surface area contributed by atoms with Crippen molar-refractivity contribution in [1.82, 2.24) is 9.88 Å². The predicted molar refractivity (Wildman–Crippen MR) is 82.9 cm³/mol.